The van der Waals surface area contributed by atoms with Crippen molar-refractivity contribution in [3.63, 3.8) is 0 Å². The predicted octanol–water partition coefficient (Wildman–Crippen LogP) is 2.06. The van der Waals surface area contributed by atoms with Crippen molar-refractivity contribution < 1.29 is 14.3 Å². The van der Waals surface area contributed by atoms with E-state index in [1.807, 2.05) is 24.3 Å². The average molecular weight is 292 g/mol. The smallest absolute Gasteiger partial charge is 0.244 e. The number of methoxy groups -OCH3 is 1. The van der Waals surface area contributed by atoms with E-state index in [0.29, 0.717) is 19.8 Å². The van der Waals surface area contributed by atoms with Gasteiger partial charge in [0.25, 0.3) is 0 Å². The van der Waals surface area contributed by atoms with Gasteiger partial charge in [0, 0.05) is 12.8 Å². The molecule has 116 valence electrons. The SMILES string of the molecule is COCCOCc1cccc(NC(=O)C2(N)CCCC2)c1. The summed E-state index contributed by atoms with van der Waals surface area (Å²) in [5, 5.41) is 2.92. The molecule has 0 spiro atoms. The molecule has 21 heavy (non-hydrogen) atoms. The van der Waals surface area contributed by atoms with Crippen LogP contribution in [-0.4, -0.2) is 31.8 Å². The molecule has 0 atom stereocenters. The number of carbonyl (C=O) groups is 1. The first-order valence-electron chi connectivity index (χ1n) is 7.40. The van der Waals surface area contributed by atoms with Crippen LogP contribution in [0.4, 0.5) is 5.69 Å². The number of benzene rings is 1. The average Bonchev–Trinajstić information content (AvgIpc) is 2.92. The highest BCUT2D eigenvalue weighted by Crippen LogP contribution is 2.28. The van der Waals surface area contributed by atoms with Crippen LogP contribution in [0, 0.1) is 0 Å². The second kappa shape index (κ2) is 7.54. The Morgan fingerprint density at radius 3 is 2.81 bits per heavy atom. The quantitative estimate of drug-likeness (QED) is 0.754. The summed E-state index contributed by atoms with van der Waals surface area (Å²) in [6.45, 7) is 1.63. The Labute approximate surface area is 125 Å². The molecule has 3 N–H and O–H groups in total. The number of nitrogens with one attached hydrogen (secondary N) is 1. The standard InChI is InChI=1S/C16H24N2O3/c1-20-9-10-21-12-13-5-4-6-14(11-13)18-15(19)16(17)7-2-3-8-16/h4-6,11H,2-3,7-10,12,17H2,1H3,(H,18,19). The topological polar surface area (TPSA) is 73.6 Å². The molecule has 1 aliphatic rings. The lowest BCUT2D eigenvalue weighted by Crippen LogP contribution is -2.48. The lowest BCUT2D eigenvalue weighted by atomic mass is 9.98. The fraction of sp³-hybridized carbons (Fsp3) is 0.562. The minimum absolute atomic E-state index is 0.0857. The fourth-order valence-electron chi connectivity index (χ4n) is 2.56. The van der Waals surface area contributed by atoms with E-state index >= 15 is 0 Å². The molecular formula is C16H24N2O3. The van der Waals surface area contributed by atoms with E-state index in [4.69, 9.17) is 15.2 Å². The third kappa shape index (κ3) is 4.52. The van der Waals surface area contributed by atoms with Crippen LogP contribution in [0.5, 0.6) is 0 Å². The van der Waals surface area contributed by atoms with Gasteiger partial charge in [0.1, 0.15) is 0 Å². The molecule has 2 rings (SSSR count). The summed E-state index contributed by atoms with van der Waals surface area (Å²) in [6, 6.07) is 7.66. The molecule has 5 nitrogen and oxygen atoms in total. The van der Waals surface area contributed by atoms with Crippen LogP contribution in [0.3, 0.4) is 0 Å². The molecule has 0 unspecified atom stereocenters. The molecular weight excluding hydrogens is 268 g/mol. The van der Waals surface area contributed by atoms with Crippen LogP contribution in [0.1, 0.15) is 31.2 Å². The number of anilines is 1. The van der Waals surface area contributed by atoms with E-state index in [2.05, 4.69) is 5.32 Å². The normalized spacial score (nSPS) is 16.9. The molecule has 1 aliphatic carbocycles. The maximum Gasteiger partial charge on any atom is 0.244 e. The summed E-state index contributed by atoms with van der Waals surface area (Å²) in [6.07, 6.45) is 3.58. The van der Waals surface area contributed by atoms with Crippen LogP contribution in [-0.2, 0) is 20.9 Å². The fourth-order valence-corrected chi connectivity index (χ4v) is 2.56. The summed E-state index contributed by atoms with van der Waals surface area (Å²) in [5.41, 5.74) is 7.23. The lowest BCUT2D eigenvalue weighted by Gasteiger charge is -2.22. The lowest BCUT2D eigenvalue weighted by molar-refractivity contribution is -0.121. The number of hydrogen-bond acceptors (Lipinski definition) is 4. The van der Waals surface area contributed by atoms with Crippen LogP contribution in [0.2, 0.25) is 0 Å². The van der Waals surface area contributed by atoms with Crippen LogP contribution in [0.25, 0.3) is 0 Å². The number of amides is 1. The summed E-state index contributed by atoms with van der Waals surface area (Å²) >= 11 is 0. The van der Waals surface area contributed by atoms with Gasteiger partial charge in [-0.3, -0.25) is 4.79 Å². The molecule has 1 aromatic rings. The summed E-state index contributed by atoms with van der Waals surface area (Å²) < 4.78 is 10.4. The first kappa shape index (κ1) is 15.9. The molecule has 1 saturated carbocycles. The molecule has 0 aliphatic heterocycles. The van der Waals surface area contributed by atoms with E-state index < -0.39 is 5.54 Å². The Kier molecular flexibility index (Phi) is 5.73. The molecule has 1 aromatic carbocycles. The molecule has 0 saturated heterocycles. The van der Waals surface area contributed by atoms with Gasteiger partial charge in [-0.05, 0) is 30.5 Å². The summed E-state index contributed by atoms with van der Waals surface area (Å²) in [4.78, 5) is 12.3. The minimum atomic E-state index is -0.703. The molecule has 1 fully saturated rings. The third-order valence-electron chi connectivity index (χ3n) is 3.83. The third-order valence-corrected chi connectivity index (χ3v) is 3.83. The molecule has 0 bridgehead atoms. The van der Waals surface area contributed by atoms with Gasteiger partial charge in [-0.25, -0.2) is 0 Å². The molecule has 0 radical (unpaired) electrons. The second-order valence-corrected chi connectivity index (χ2v) is 5.56. The molecule has 1 amide bonds. The predicted molar refractivity (Wildman–Crippen MR) is 82.0 cm³/mol. The van der Waals surface area contributed by atoms with E-state index in [9.17, 15) is 4.79 Å². The first-order chi connectivity index (χ1) is 10.1. The van der Waals surface area contributed by atoms with Crippen molar-refractivity contribution >= 4 is 11.6 Å². The van der Waals surface area contributed by atoms with E-state index in [-0.39, 0.29) is 5.91 Å². The highest BCUT2D eigenvalue weighted by molar-refractivity contribution is 5.98. The van der Waals surface area contributed by atoms with Crippen molar-refractivity contribution in [1.29, 1.82) is 0 Å². The van der Waals surface area contributed by atoms with Crippen molar-refractivity contribution in [3.8, 4) is 0 Å². The number of carbonyl (C=O) groups excluding carboxylic acids is 1. The van der Waals surface area contributed by atoms with Gasteiger partial charge in [0.05, 0.1) is 25.4 Å². The van der Waals surface area contributed by atoms with Gasteiger partial charge in [0.2, 0.25) is 5.91 Å². The number of ether oxygens (including phenoxy) is 2. The second-order valence-electron chi connectivity index (χ2n) is 5.56. The van der Waals surface area contributed by atoms with Gasteiger partial charge in [0.15, 0.2) is 0 Å². The maximum atomic E-state index is 12.3. The Hall–Kier alpha value is -1.43. The van der Waals surface area contributed by atoms with Crippen LogP contribution in [0.15, 0.2) is 24.3 Å². The van der Waals surface area contributed by atoms with Crippen LogP contribution >= 0.6 is 0 Å². The minimum Gasteiger partial charge on any atom is -0.382 e. The first-order valence-corrected chi connectivity index (χ1v) is 7.40. The van der Waals surface area contributed by atoms with Crippen molar-refractivity contribution in [3.05, 3.63) is 29.8 Å². The Bertz CT molecular complexity index is 470. The van der Waals surface area contributed by atoms with Gasteiger partial charge >= 0.3 is 0 Å². The van der Waals surface area contributed by atoms with Gasteiger partial charge < -0.3 is 20.5 Å². The van der Waals surface area contributed by atoms with Gasteiger partial charge in [-0.15, -0.1) is 0 Å². The van der Waals surface area contributed by atoms with Gasteiger partial charge in [-0.1, -0.05) is 25.0 Å². The van der Waals surface area contributed by atoms with Crippen molar-refractivity contribution in [2.24, 2.45) is 5.73 Å². The van der Waals surface area contributed by atoms with E-state index in [1.165, 1.54) is 0 Å². The molecule has 0 heterocycles. The Balaban J connectivity index is 1.90. The highest BCUT2D eigenvalue weighted by Gasteiger charge is 2.36. The number of nitrogens with two attached hydrogens (primary N) is 1. The zero-order valence-corrected chi connectivity index (χ0v) is 12.6. The number of hydrogen-bond donors (Lipinski definition) is 2. The zero-order chi connectivity index (χ0) is 15.1. The highest BCUT2D eigenvalue weighted by atomic mass is 16.5. The largest absolute Gasteiger partial charge is 0.382 e. The molecule has 0 aromatic heterocycles. The van der Waals surface area contributed by atoms with E-state index in [1.54, 1.807) is 7.11 Å². The van der Waals surface area contributed by atoms with Crippen molar-refractivity contribution in [2.45, 2.75) is 37.8 Å². The summed E-state index contributed by atoms with van der Waals surface area (Å²) in [7, 11) is 1.64. The number of rotatable bonds is 7. The zero-order valence-electron chi connectivity index (χ0n) is 12.6. The Morgan fingerprint density at radius 1 is 1.33 bits per heavy atom. The van der Waals surface area contributed by atoms with Crippen molar-refractivity contribution in [1.82, 2.24) is 0 Å². The maximum absolute atomic E-state index is 12.3. The molecule has 5 heteroatoms. The van der Waals surface area contributed by atoms with Crippen molar-refractivity contribution in [2.75, 3.05) is 25.6 Å². The Morgan fingerprint density at radius 2 is 2.10 bits per heavy atom. The van der Waals surface area contributed by atoms with E-state index in [0.717, 1.165) is 36.9 Å². The summed E-state index contributed by atoms with van der Waals surface area (Å²) in [5.74, 6) is -0.0857. The monoisotopic (exact) mass is 292 g/mol. The van der Waals surface area contributed by atoms with Crippen LogP contribution < -0.4 is 11.1 Å². The van der Waals surface area contributed by atoms with Gasteiger partial charge in [-0.2, -0.15) is 0 Å².